The Kier molecular flexibility index (Phi) is 5.81. The Labute approximate surface area is 120 Å². The molecule has 0 spiro atoms. The molecule has 0 amide bonds. The molecule has 2 aromatic rings. The van der Waals surface area contributed by atoms with E-state index in [9.17, 15) is 19.7 Å². The Morgan fingerprint density at radius 3 is 2.24 bits per heavy atom. The van der Waals surface area contributed by atoms with Crippen LogP contribution in [0.15, 0.2) is 39.9 Å². The molecule has 2 N–H and O–H groups in total. The zero-order valence-corrected chi connectivity index (χ0v) is 11.6. The van der Waals surface area contributed by atoms with Gasteiger partial charge in [0.2, 0.25) is 0 Å². The van der Waals surface area contributed by atoms with Crippen molar-refractivity contribution in [1.29, 1.82) is 0 Å². The van der Waals surface area contributed by atoms with Crippen molar-refractivity contribution in [2.75, 3.05) is 0 Å². The highest BCUT2D eigenvalue weighted by atomic mass is 16.6. The summed E-state index contributed by atoms with van der Waals surface area (Å²) < 4.78 is 0. The normalized spacial score (nSPS) is 10.0. The van der Waals surface area contributed by atoms with E-state index in [0.717, 1.165) is 5.56 Å². The minimum absolute atomic E-state index is 0.136. The lowest BCUT2D eigenvalue weighted by Crippen LogP contribution is -2.25. The van der Waals surface area contributed by atoms with Gasteiger partial charge in [-0.15, -0.1) is 0 Å². The molecular weight excluding hydrogens is 274 g/mol. The molecule has 7 nitrogen and oxygen atoms in total. The zero-order chi connectivity index (χ0) is 15.8. The monoisotopic (exact) mass is 289 g/mol. The molecule has 0 atom stereocenters. The van der Waals surface area contributed by atoms with E-state index in [0.29, 0.717) is 0 Å². The van der Waals surface area contributed by atoms with Crippen molar-refractivity contribution in [1.82, 2.24) is 9.97 Å². The predicted molar refractivity (Wildman–Crippen MR) is 81.1 cm³/mol. The van der Waals surface area contributed by atoms with Gasteiger partial charge in [0, 0.05) is 0 Å². The standard InChI is InChI=1S/C12H9N3O4.C2H6/c16-11-10(15(18)19)9(13-12(17)14-11)7-6-8-4-2-1-3-5-8;1-2/h1-7H,(H2,13,14,16,17);1-2H3/b7-6-;. The van der Waals surface area contributed by atoms with Crippen LogP contribution in [0.1, 0.15) is 25.1 Å². The topological polar surface area (TPSA) is 109 Å². The molecule has 0 fully saturated rings. The summed E-state index contributed by atoms with van der Waals surface area (Å²) in [7, 11) is 0. The van der Waals surface area contributed by atoms with Crippen LogP contribution in [0.3, 0.4) is 0 Å². The van der Waals surface area contributed by atoms with Crippen LogP contribution in [-0.2, 0) is 0 Å². The summed E-state index contributed by atoms with van der Waals surface area (Å²) in [4.78, 5) is 36.5. The van der Waals surface area contributed by atoms with E-state index in [4.69, 9.17) is 0 Å². The second kappa shape index (κ2) is 7.59. The molecule has 7 heteroatoms. The van der Waals surface area contributed by atoms with E-state index in [1.54, 1.807) is 30.3 Å². The number of nitrogens with one attached hydrogen (secondary N) is 2. The summed E-state index contributed by atoms with van der Waals surface area (Å²) in [6.07, 6.45) is 2.89. The van der Waals surface area contributed by atoms with E-state index in [1.165, 1.54) is 6.08 Å². The van der Waals surface area contributed by atoms with Gasteiger partial charge in [-0.25, -0.2) is 4.79 Å². The lowest BCUT2D eigenvalue weighted by Gasteiger charge is -1.96. The van der Waals surface area contributed by atoms with Crippen molar-refractivity contribution >= 4 is 17.8 Å². The highest BCUT2D eigenvalue weighted by Crippen LogP contribution is 2.12. The molecule has 110 valence electrons. The molecule has 1 aromatic carbocycles. The molecule has 0 saturated heterocycles. The van der Waals surface area contributed by atoms with Gasteiger partial charge in [0.25, 0.3) is 0 Å². The molecule has 0 bridgehead atoms. The van der Waals surface area contributed by atoms with Crippen LogP contribution in [-0.4, -0.2) is 14.9 Å². The summed E-state index contributed by atoms with van der Waals surface area (Å²) in [6.45, 7) is 4.00. The van der Waals surface area contributed by atoms with Gasteiger partial charge in [-0.2, -0.15) is 0 Å². The number of hydrogen-bond acceptors (Lipinski definition) is 4. The third kappa shape index (κ3) is 4.27. The van der Waals surface area contributed by atoms with Gasteiger partial charge in [0.1, 0.15) is 5.69 Å². The summed E-state index contributed by atoms with van der Waals surface area (Å²) in [5.41, 5.74) is -1.85. The molecule has 0 radical (unpaired) electrons. The van der Waals surface area contributed by atoms with Gasteiger partial charge < -0.3 is 4.98 Å². The number of hydrogen-bond donors (Lipinski definition) is 2. The lowest BCUT2D eigenvalue weighted by atomic mass is 10.2. The molecule has 0 saturated carbocycles. The highest BCUT2D eigenvalue weighted by molar-refractivity contribution is 5.71. The Bertz CT molecular complexity index is 745. The highest BCUT2D eigenvalue weighted by Gasteiger charge is 2.18. The van der Waals surface area contributed by atoms with E-state index < -0.39 is 21.9 Å². The van der Waals surface area contributed by atoms with Crippen molar-refractivity contribution in [2.45, 2.75) is 13.8 Å². The quantitative estimate of drug-likeness (QED) is 0.666. The fourth-order valence-electron chi connectivity index (χ4n) is 1.54. The molecule has 0 aliphatic carbocycles. The fourth-order valence-corrected chi connectivity index (χ4v) is 1.54. The summed E-state index contributed by atoms with van der Waals surface area (Å²) >= 11 is 0. The summed E-state index contributed by atoms with van der Waals surface area (Å²) in [5.74, 6) is 0. The van der Waals surface area contributed by atoms with Crippen LogP contribution in [0.5, 0.6) is 0 Å². The third-order valence-corrected chi connectivity index (χ3v) is 2.37. The van der Waals surface area contributed by atoms with Crippen LogP contribution in [0, 0.1) is 10.1 Å². The van der Waals surface area contributed by atoms with Gasteiger partial charge in [0.05, 0.1) is 4.92 Å². The van der Waals surface area contributed by atoms with Crippen molar-refractivity contribution in [3.05, 3.63) is 72.5 Å². The summed E-state index contributed by atoms with van der Waals surface area (Å²) in [5, 5.41) is 10.8. The number of H-pyrrole nitrogens is 2. The van der Waals surface area contributed by atoms with Crippen molar-refractivity contribution in [2.24, 2.45) is 0 Å². The van der Waals surface area contributed by atoms with Crippen LogP contribution in [0.4, 0.5) is 5.69 Å². The maximum Gasteiger partial charge on any atom is 0.357 e. The number of nitro groups is 1. The van der Waals surface area contributed by atoms with Gasteiger partial charge >= 0.3 is 16.9 Å². The Hall–Kier alpha value is -2.96. The average Bonchev–Trinajstić information content (AvgIpc) is 2.47. The van der Waals surface area contributed by atoms with Crippen molar-refractivity contribution < 1.29 is 4.92 Å². The van der Waals surface area contributed by atoms with E-state index in [1.807, 2.05) is 24.9 Å². The van der Waals surface area contributed by atoms with Gasteiger partial charge in [-0.1, -0.05) is 50.3 Å². The predicted octanol–water partition coefficient (Wildman–Crippen LogP) is 2.17. The van der Waals surface area contributed by atoms with Gasteiger partial charge in [0.15, 0.2) is 0 Å². The second-order valence-electron chi connectivity index (χ2n) is 3.67. The number of rotatable bonds is 3. The van der Waals surface area contributed by atoms with Crippen LogP contribution in [0.25, 0.3) is 12.2 Å². The largest absolute Gasteiger partial charge is 0.357 e. The molecule has 21 heavy (non-hydrogen) atoms. The van der Waals surface area contributed by atoms with Crippen LogP contribution in [0.2, 0.25) is 0 Å². The number of aromatic amines is 2. The first kappa shape index (κ1) is 16.1. The maximum absolute atomic E-state index is 11.4. The average molecular weight is 289 g/mol. The van der Waals surface area contributed by atoms with E-state index in [-0.39, 0.29) is 5.69 Å². The maximum atomic E-state index is 11.4. The molecule has 1 heterocycles. The molecule has 2 rings (SSSR count). The van der Waals surface area contributed by atoms with Gasteiger partial charge in [-0.3, -0.25) is 19.9 Å². The Balaban J connectivity index is 0.00000106. The van der Waals surface area contributed by atoms with E-state index in [2.05, 4.69) is 4.98 Å². The minimum atomic E-state index is -1.03. The molecule has 0 aliphatic rings. The molecule has 0 aliphatic heterocycles. The first-order chi connectivity index (χ1) is 10.1. The van der Waals surface area contributed by atoms with Crippen molar-refractivity contribution in [3.63, 3.8) is 0 Å². The Morgan fingerprint density at radius 2 is 1.67 bits per heavy atom. The molecule has 1 aromatic heterocycles. The van der Waals surface area contributed by atoms with Crippen LogP contribution < -0.4 is 11.2 Å². The van der Waals surface area contributed by atoms with Crippen LogP contribution >= 0.6 is 0 Å². The number of aromatic nitrogens is 2. The second-order valence-corrected chi connectivity index (χ2v) is 3.67. The van der Waals surface area contributed by atoms with Crippen molar-refractivity contribution in [3.8, 4) is 0 Å². The first-order valence-corrected chi connectivity index (χ1v) is 6.32. The number of benzene rings is 1. The SMILES string of the molecule is CC.O=c1[nH]c(/C=C\c2ccccc2)c([N+](=O)[O-])c(=O)[nH]1. The zero-order valence-electron chi connectivity index (χ0n) is 11.6. The minimum Gasteiger partial charge on any atom is -0.301 e. The summed E-state index contributed by atoms with van der Waals surface area (Å²) in [6, 6.07) is 9.00. The first-order valence-electron chi connectivity index (χ1n) is 6.32. The number of nitrogens with zero attached hydrogens (tertiary/aromatic N) is 1. The van der Waals surface area contributed by atoms with Gasteiger partial charge in [-0.05, 0) is 11.6 Å². The molecular formula is C14H15N3O4. The smallest absolute Gasteiger partial charge is 0.301 e. The Morgan fingerprint density at radius 1 is 1.05 bits per heavy atom. The molecule has 0 unspecified atom stereocenters. The van der Waals surface area contributed by atoms with E-state index >= 15 is 0 Å². The fraction of sp³-hybridized carbons (Fsp3) is 0.143. The lowest BCUT2D eigenvalue weighted by molar-refractivity contribution is -0.386. The third-order valence-electron chi connectivity index (χ3n) is 2.37.